The Kier molecular flexibility index (Phi) is 6.80. The Morgan fingerprint density at radius 2 is 1.75 bits per heavy atom. The quantitative estimate of drug-likeness (QED) is 0.365. The van der Waals surface area contributed by atoms with E-state index in [1.807, 2.05) is 41.3 Å². The molecule has 2 heterocycles. The lowest BCUT2D eigenvalue weighted by atomic mass is 10.0. The number of nitrogen functional groups attached to an aromatic ring is 1. The fraction of sp³-hybridized carbons (Fsp3) is 0.462. The van der Waals surface area contributed by atoms with Crippen LogP contribution in [-0.4, -0.2) is 41.8 Å². The number of carbonyl (C=O) groups excluding carboxylic acids is 1. The monoisotopic (exact) mass is 434 g/mol. The lowest BCUT2D eigenvalue weighted by molar-refractivity contribution is -0.126. The molecule has 0 saturated carbocycles. The number of amidine groups is 1. The van der Waals surface area contributed by atoms with E-state index in [2.05, 4.69) is 18.7 Å². The molecule has 6 nitrogen and oxygen atoms in total. The molecule has 170 valence electrons. The first-order valence-electron chi connectivity index (χ1n) is 11.7. The van der Waals surface area contributed by atoms with Crippen molar-refractivity contribution in [2.24, 2.45) is 5.73 Å². The summed E-state index contributed by atoms with van der Waals surface area (Å²) in [5.74, 6) is 0.630. The number of benzene rings is 2. The average Bonchev–Trinajstić information content (AvgIpc) is 3.12. The summed E-state index contributed by atoms with van der Waals surface area (Å²) in [7, 11) is 0. The van der Waals surface area contributed by atoms with Crippen LogP contribution in [0.1, 0.15) is 63.2 Å². The van der Waals surface area contributed by atoms with Gasteiger partial charge in [-0.05, 0) is 64.3 Å². The van der Waals surface area contributed by atoms with Crippen LogP contribution in [0, 0.1) is 5.41 Å². The first-order valence-corrected chi connectivity index (χ1v) is 11.7. The summed E-state index contributed by atoms with van der Waals surface area (Å²) in [6.07, 6.45) is 5.07. The van der Waals surface area contributed by atoms with Gasteiger partial charge in [0, 0.05) is 29.8 Å². The van der Waals surface area contributed by atoms with Crippen molar-refractivity contribution < 1.29 is 9.53 Å². The molecular formula is C26H34N4O2. The molecular weight excluding hydrogens is 400 g/mol. The summed E-state index contributed by atoms with van der Waals surface area (Å²) in [5, 5.41) is 7.71. The van der Waals surface area contributed by atoms with Gasteiger partial charge in [-0.25, -0.2) is 0 Å². The summed E-state index contributed by atoms with van der Waals surface area (Å²) in [6, 6.07) is 16.3. The molecule has 3 atom stereocenters. The molecule has 0 aliphatic carbocycles. The molecule has 2 aromatic carbocycles. The number of anilines is 1. The van der Waals surface area contributed by atoms with Gasteiger partial charge in [-0.1, -0.05) is 36.8 Å². The Morgan fingerprint density at radius 3 is 2.50 bits per heavy atom. The second kappa shape index (κ2) is 9.74. The van der Waals surface area contributed by atoms with Crippen LogP contribution in [0.25, 0.3) is 0 Å². The highest BCUT2D eigenvalue weighted by Crippen LogP contribution is 2.39. The van der Waals surface area contributed by atoms with Gasteiger partial charge in [0.1, 0.15) is 11.6 Å². The van der Waals surface area contributed by atoms with Crippen molar-refractivity contribution >= 4 is 17.4 Å². The largest absolute Gasteiger partial charge is 0.474 e. The van der Waals surface area contributed by atoms with Gasteiger partial charge in [0.25, 0.3) is 5.91 Å². The van der Waals surface area contributed by atoms with Crippen molar-refractivity contribution in [1.82, 2.24) is 4.90 Å². The van der Waals surface area contributed by atoms with Gasteiger partial charge < -0.3 is 15.4 Å². The molecule has 3 unspecified atom stereocenters. The van der Waals surface area contributed by atoms with E-state index in [0.717, 1.165) is 37.1 Å². The summed E-state index contributed by atoms with van der Waals surface area (Å²) in [4.78, 5) is 17.9. The van der Waals surface area contributed by atoms with Crippen LogP contribution >= 0.6 is 0 Å². The van der Waals surface area contributed by atoms with Gasteiger partial charge in [0.05, 0.1) is 5.69 Å². The molecule has 1 saturated heterocycles. The van der Waals surface area contributed by atoms with E-state index < -0.39 is 6.10 Å². The summed E-state index contributed by atoms with van der Waals surface area (Å²) in [5.41, 5.74) is 7.80. The molecule has 0 radical (unpaired) electrons. The number of unbranched alkanes of at least 4 members (excludes halogenated alkanes) is 2. The third-order valence-corrected chi connectivity index (χ3v) is 6.82. The number of ether oxygens (including phenoxy) is 1. The summed E-state index contributed by atoms with van der Waals surface area (Å²) >= 11 is 0. The Morgan fingerprint density at radius 1 is 1.03 bits per heavy atom. The Bertz CT molecular complexity index is 966. The van der Waals surface area contributed by atoms with Crippen LogP contribution in [0.15, 0.2) is 48.5 Å². The van der Waals surface area contributed by atoms with Crippen LogP contribution < -0.4 is 15.4 Å². The van der Waals surface area contributed by atoms with Crippen LogP contribution in [0.3, 0.4) is 0 Å². The number of nitrogens with two attached hydrogens (primary N) is 1. The first kappa shape index (κ1) is 22.3. The zero-order valence-corrected chi connectivity index (χ0v) is 19.1. The van der Waals surface area contributed by atoms with Gasteiger partial charge in [-0.2, -0.15) is 0 Å². The van der Waals surface area contributed by atoms with Crippen molar-refractivity contribution in [3.8, 4) is 5.75 Å². The molecule has 2 aromatic rings. The number of amides is 1. The topological polar surface area (TPSA) is 82.7 Å². The number of likely N-dealkylation sites (tertiary alicyclic amines) is 1. The molecule has 1 amide bonds. The molecule has 1 fully saturated rings. The lowest BCUT2D eigenvalue weighted by Gasteiger charge is -2.34. The summed E-state index contributed by atoms with van der Waals surface area (Å²) in [6.45, 7) is 6.46. The number of fused-ring (bicyclic) bond motifs is 1. The fourth-order valence-electron chi connectivity index (χ4n) is 4.96. The Labute approximate surface area is 190 Å². The van der Waals surface area contributed by atoms with E-state index in [1.54, 1.807) is 12.1 Å². The average molecular weight is 435 g/mol. The third-order valence-electron chi connectivity index (χ3n) is 6.82. The maximum absolute atomic E-state index is 13.4. The zero-order chi connectivity index (χ0) is 22.7. The highest BCUT2D eigenvalue weighted by atomic mass is 16.5. The van der Waals surface area contributed by atoms with Crippen LogP contribution in [-0.2, 0) is 4.79 Å². The van der Waals surface area contributed by atoms with E-state index in [-0.39, 0.29) is 11.7 Å². The molecule has 2 aliphatic heterocycles. The number of para-hydroxylation sites is 2. The van der Waals surface area contributed by atoms with Gasteiger partial charge in [-0.15, -0.1) is 0 Å². The highest BCUT2D eigenvalue weighted by Gasteiger charge is 2.35. The first-order chi connectivity index (χ1) is 15.5. The third kappa shape index (κ3) is 4.65. The minimum absolute atomic E-state index is 0.0194. The van der Waals surface area contributed by atoms with E-state index >= 15 is 0 Å². The number of nitrogens with zero attached hydrogens (tertiary/aromatic N) is 2. The predicted octanol–water partition coefficient (Wildman–Crippen LogP) is 4.48. The molecule has 4 rings (SSSR count). The molecule has 32 heavy (non-hydrogen) atoms. The maximum Gasteiger partial charge on any atom is 0.272 e. The van der Waals surface area contributed by atoms with Crippen molar-refractivity contribution in [3.05, 3.63) is 59.7 Å². The maximum atomic E-state index is 13.4. The number of hydrogen-bond acceptors (Lipinski definition) is 4. The SMILES string of the molecule is CC1CCC(C)N1CCCCCN1C(=O)C(c2cccc(C(=N)N)c2)Oc2ccccc21. The second-order valence-electron chi connectivity index (χ2n) is 9.07. The van der Waals surface area contributed by atoms with Crippen molar-refractivity contribution in [3.63, 3.8) is 0 Å². The number of carbonyl (C=O) groups is 1. The Hall–Kier alpha value is -2.86. The number of rotatable bonds is 8. The van der Waals surface area contributed by atoms with Crippen LogP contribution in [0.5, 0.6) is 5.75 Å². The van der Waals surface area contributed by atoms with Crippen LogP contribution in [0.2, 0.25) is 0 Å². The van der Waals surface area contributed by atoms with Gasteiger partial charge in [-0.3, -0.25) is 15.1 Å². The minimum Gasteiger partial charge on any atom is -0.474 e. The fourth-order valence-corrected chi connectivity index (χ4v) is 4.96. The zero-order valence-electron chi connectivity index (χ0n) is 19.1. The number of hydrogen-bond donors (Lipinski definition) is 2. The standard InChI is InChI=1S/C26H34N4O2/c1-18-13-14-19(2)29(18)15-6-3-7-16-30-22-11-4-5-12-23(22)32-24(26(30)31)20-9-8-10-21(17-20)25(27)28/h4-5,8-12,17-19,24H,3,6-7,13-16H2,1-2H3,(H3,27,28). The number of nitrogens with one attached hydrogen (secondary N) is 1. The van der Waals surface area contributed by atoms with Gasteiger partial charge >= 0.3 is 0 Å². The molecule has 0 bridgehead atoms. The minimum atomic E-state index is -0.726. The van der Waals surface area contributed by atoms with Gasteiger partial charge in [0.2, 0.25) is 6.10 Å². The molecule has 6 heteroatoms. The van der Waals surface area contributed by atoms with E-state index in [0.29, 0.717) is 29.9 Å². The van der Waals surface area contributed by atoms with Crippen molar-refractivity contribution in [2.75, 3.05) is 18.0 Å². The highest BCUT2D eigenvalue weighted by molar-refractivity contribution is 6.01. The smallest absolute Gasteiger partial charge is 0.272 e. The Balaban J connectivity index is 1.43. The van der Waals surface area contributed by atoms with E-state index in [9.17, 15) is 4.79 Å². The van der Waals surface area contributed by atoms with Crippen molar-refractivity contribution in [1.29, 1.82) is 5.41 Å². The predicted molar refractivity (Wildman–Crippen MR) is 128 cm³/mol. The normalized spacial score (nSPS) is 23.1. The molecule has 0 aromatic heterocycles. The van der Waals surface area contributed by atoms with E-state index in [1.165, 1.54) is 12.8 Å². The molecule has 0 spiro atoms. The van der Waals surface area contributed by atoms with Crippen molar-refractivity contribution in [2.45, 2.75) is 64.1 Å². The second-order valence-corrected chi connectivity index (χ2v) is 9.07. The van der Waals surface area contributed by atoms with E-state index in [4.69, 9.17) is 15.9 Å². The summed E-state index contributed by atoms with van der Waals surface area (Å²) < 4.78 is 6.10. The lowest BCUT2D eigenvalue weighted by Crippen LogP contribution is -2.41. The van der Waals surface area contributed by atoms with Crippen LogP contribution in [0.4, 0.5) is 5.69 Å². The van der Waals surface area contributed by atoms with Gasteiger partial charge in [0.15, 0.2) is 0 Å². The molecule has 2 aliphatic rings. The molecule has 3 N–H and O–H groups in total.